The van der Waals surface area contributed by atoms with Crippen molar-refractivity contribution in [3.05, 3.63) is 23.8 Å². The summed E-state index contributed by atoms with van der Waals surface area (Å²) in [7, 11) is -3.14. The van der Waals surface area contributed by atoms with Crippen LogP contribution in [0.2, 0.25) is 0 Å². The van der Waals surface area contributed by atoms with Crippen LogP contribution in [0, 0.1) is 6.92 Å². The van der Waals surface area contributed by atoms with Crippen molar-refractivity contribution in [2.75, 3.05) is 42.7 Å². The molecular weight excluding hydrogens is 352 g/mol. The molecule has 2 aliphatic heterocycles. The predicted octanol–water partition coefficient (Wildman–Crippen LogP) is 2.14. The first-order valence-corrected chi connectivity index (χ1v) is 11.1. The van der Waals surface area contributed by atoms with Crippen molar-refractivity contribution in [1.29, 1.82) is 0 Å². The van der Waals surface area contributed by atoms with Crippen LogP contribution in [-0.4, -0.2) is 57.2 Å². The predicted molar refractivity (Wildman–Crippen MR) is 104 cm³/mol. The Balaban J connectivity index is 1.56. The normalized spacial score (nSPS) is 19.5. The Hall–Kier alpha value is -1.80. The highest BCUT2D eigenvalue weighted by Crippen LogP contribution is 2.29. The number of benzene rings is 1. The van der Waals surface area contributed by atoms with Crippen LogP contribution in [0.3, 0.4) is 0 Å². The van der Waals surface area contributed by atoms with Crippen molar-refractivity contribution < 1.29 is 13.2 Å². The molecule has 0 saturated carbocycles. The number of rotatable bonds is 4. The quantitative estimate of drug-likeness (QED) is 0.838. The van der Waals surface area contributed by atoms with E-state index in [1.807, 2.05) is 19.1 Å². The first kappa shape index (κ1) is 19.0. The smallest absolute Gasteiger partial charge is 0.319 e. The van der Waals surface area contributed by atoms with Crippen LogP contribution >= 0.6 is 0 Å². The highest BCUT2D eigenvalue weighted by molar-refractivity contribution is 7.88. The fourth-order valence-electron chi connectivity index (χ4n) is 3.74. The average molecular weight is 381 g/mol. The molecule has 0 aromatic heterocycles. The number of carbonyl (C=O) groups excluding carboxylic acids is 1. The SMILES string of the molecule is Cc1c(NC(=O)NC2CCN(S(C)(=O)=O)CC2)cccc1N1CCCC1. The molecule has 0 spiro atoms. The maximum atomic E-state index is 12.4. The molecule has 0 atom stereocenters. The lowest BCUT2D eigenvalue weighted by Gasteiger charge is -2.30. The van der Waals surface area contributed by atoms with E-state index in [2.05, 4.69) is 21.6 Å². The maximum Gasteiger partial charge on any atom is 0.319 e. The summed E-state index contributed by atoms with van der Waals surface area (Å²) in [5.41, 5.74) is 3.08. The van der Waals surface area contributed by atoms with Gasteiger partial charge in [-0.15, -0.1) is 0 Å². The third kappa shape index (κ3) is 4.48. The van der Waals surface area contributed by atoms with E-state index in [1.54, 1.807) is 0 Å². The number of anilines is 2. The van der Waals surface area contributed by atoms with Crippen molar-refractivity contribution in [2.24, 2.45) is 0 Å². The second-order valence-corrected chi connectivity index (χ2v) is 9.16. The van der Waals surface area contributed by atoms with Crippen LogP contribution in [0.4, 0.5) is 16.2 Å². The standard InChI is InChI=1S/C18H28N4O3S/c1-14-16(6-5-7-17(14)21-10-3-4-11-21)20-18(23)19-15-8-12-22(13-9-15)26(2,24)25/h5-7,15H,3-4,8-13H2,1-2H3,(H2,19,20,23). The fourth-order valence-corrected chi connectivity index (χ4v) is 4.61. The minimum absolute atomic E-state index is 0.00456. The zero-order chi connectivity index (χ0) is 18.7. The lowest BCUT2D eigenvalue weighted by molar-refractivity contribution is 0.238. The van der Waals surface area contributed by atoms with Crippen LogP contribution in [0.5, 0.6) is 0 Å². The van der Waals surface area contributed by atoms with Gasteiger partial charge in [-0.3, -0.25) is 0 Å². The number of sulfonamides is 1. The minimum atomic E-state index is -3.14. The van der Waals surface area contributed by atoms with E-state index in [4.69, 9.17) is 0 Å². The first-order chi connectivity index (χ1) is 12.3. The topological polar surface area (TPSA) is 81.8 Å². The Morgan fingerprint density at radius 3 is 2.38 bits per heavy atom. The molecular formula is C18H28N4O3S. The molecule has 2 amide bonds. The van der Waals surface area contributed by atoms with E-state index in [1.165, 1.54) is 29.1 Å². The minimum Gasteiger partial charge on any atom is -0.371 e. The van der Waals surface area contributed by atoms with Gasteiger partial charge in [-0.05, 0) is 50.3 Å². The third-order valence-electron chi connectivity index (χ3n) is 5.26. The molecule has 2 heterocycles. The van der Waals surface area contributed by atoms with Gasteiger partial charge in [-0.1, -0.05) is 6.07 Å². The summed E-state index contributed by atoms with van der Waals surface area (Å²) in [6.45, 7) is 5.07. The van der Waals surface area contributed by atoms with Crippen molar-refractivity contribution in [1.82, 2.24) is 9.62 Å². The Morgan fingerprint density at radius 1 is 1.12 bits per heavy atom. The molecule has 2 N–H and O–H groups in total. The summed E-state index contributed by atoms with van der Waals surface area (Å²) in [5, 5.41) is 5.92. The first-order valence-electron chi connectivity index (χ1n) is 9.22. The number of urea groups is 1. The van der Waals surface area contributed by atoms with E-state index in [0.29, 0.717) is 25.9 Å². The highest BCUT2D eigenvalue weighted by Gasteiger charge is 2.26. The molecule has 2 fully saturated rings. The van der Waals surface area contributed by atoms with Crippen LogP contribution in [0.25, 0.3) is 0 Å². The molecule has 0 aliphatic carbocycles. The molecule has 26 heavy (non-hydrogen) atoms. The zero-order valence-corrected chi connectivity index (χ0v) is 16.3. The van der Waals surface area contributed by atoms with Crippen molar-refractivity contribution >= 4 is 27.4 Å². The molecule has 1 aromatic carbocycles. The Kier molecular flexibility index (Phi) is 5.72. The largest absolute Gasteiger partial charge is 0.371 e. The van der Waals surface area contributed by atoms with Gasteiger partial charge in [0.2, 0.25) is 10.0 Å². The van der Waals surface area contributed by atoms with Gasteiger partial charge in [0.25, 0.3) is 0 Å². The number of nitrogens with one attached hydrogen (secondary N) is 2. The summed E-state index contributed by atoms with van der Waals surface area (Å²) < 4.78 is 24.6. The van der Waals surface area contributed by atoms with Gasteiger partial charge in [0.15, 0.2) is 0 Å². The number of nitrogens with zero attached hydrogens (tertiary/aromatic N) is 2. The lowest BCUT2D eigenvalue weighted by Crippen LogP contribution is -2.47. The highest BCUT2D eigenvalue weighted by atomic mass is 32.2. The van der Waals surface area contributed by atoms with Gasteiger partial charge in [-0.2, -0.15) is 0 Å². The number of hydrogen-bond donors (Lipinski definition) is 2. The van der Waals surface area contributed by atoms with Crippen LogP contribution in [0.15, 0.2) is 18.2 Å². The van der Waals surface area contributed by atoms with Crippen molar-refractivity contribution in [2.45, 2.75) is 38.6 Å². The van der Waals surface area contributed by atoms with Gasteiger partial charge in [0.05, 0.1) is 6.26 Å². The van der Waals surface area contributed by atoms with Crippen molar-refractivity contribution in [3.8, 4) is 0 Å². The van der Waals surface area contributed by atoms with E-state index in [-0.39, 0.29) is 12.1 Å². The summed E-state index contributed by atoms with van der Waals surface area (Å²) in [4.78, 5) is 14.7. The Bertz CT molecular complexity index is 752. The summed E-state index contributed by atoms with van der Waals surface area (Å²) in [6, 6.07) is 5.76. The van der Waals surface area contributed by atoms with Gasteiger partial charge >= 0.3 is 6.03 Å². The molecule has 8 heteroatoms. The van der Waals surface area contributed by atoms with Crippen LogP contribution in [0.1, 0.15) is 31.2 Å². The maximum absolute atomic E-state index is 12.4. The second-order valence-electron chi connectivity index (χ2n) is 7.18. The van der Waals surface area contributed by atoms with E-state index in [0.717, 1.165) is 24.3 Å². The molecule has 1 aromatic rings. The summed E-state index contributed by atoms with van der Waals surface area (Å²) >= 11 is 0. The van der Waals surface area contributed by atoms with E-state index < -0.39 is 10.0 Å². The van der Waals surface area contributed by atoms with Crippen LogP contribution in [-0.2, 0) is 10.0 Å². The molecule has 0 radical (unpaired) electrons. The molecule has 3 rings (SSSR count). The lowest BCUT2D eigenvalue weighted by atomic mass is 10.1. The Morgan fingerprint density at radius 2 is 1.77 bits per heavy atom. The van der Waals surface area contributed by atoms with Gasteiger partial charge in [-0.25, -0.2) is 17.5 Å². The van der Waals surface area contributed by atoms with Gasteiger partial charge in [0, 0.05) is 43.6 Å². The zero-order valence-electron chi connectivity index (χ0n) is 15.5. The number of carbonyl (C=O) groups is 1. The molecule has 0 bridgehead atoms. The molecule has 7 nitrogen and oxygen atoms in total. The fraction of sp³-hybridized carbons (Fsp3) is 0.611. The molecule has 2 aliphatic rings. The Labute approximate surface area is 155 Å². The molecule has 0 unspecified atom stereocenters. The van der Waals surface area contributed by atoms with Gasteiger partial charge in [0.1, 0.15) is 0 Å². The van der Waals surface area contributed by atoms with Crippen LogP contribution < -0.4 is 15.5 Å². The number of piperidine rings is 1. The second kappa shape index (κ2) is 7.84. The molecule has 144 valence electrons. The van der Waals surface area contributed by atoms with Gasteiger partial charge < -0.3 is 15.5 Å². The monoisotopic (exact) mass is 380 g/mol. The van der Waals surface area contributed by atoms with E-state index in [9.17, 15) is 13.2 Å². The molecule has 2 saturated heterocycles. The summed E-state index contributed by atoms with van der Waals surface area (Å²) in [5.74, 6) is 0. The van der Waals surface area contributed by atoms with E-state index >= 15 is 0 Å². The summed E-state index contributed by atoms with van der Waals surface area (Å²) in [6.07, 6.45) is 4.91. The van der Waals surface area contributed by atoms with Crippen molar-refractivity contribution in [3.63, 3.8) is 0 Å². The number of hydrogen-bond acceptors (Lipinski definition) is 4. The average Bonchev–Trinajstić information content (AvgIpc) is 3.11. The third-order valence-corrected chi connectivity index (χ3v) is 6.56. The number of amides is 2.